The minimum Gasteiger partial charge on any atom is -0.391 e. The van der Waals surface area contributed by atoms with E-state index in [1.54, 1.807) is 30.5 Å². The minimum absolute atomic E-state index is 0.205. The first-order chi connectivity index (χ1) is 12.4. The molecule has 0 aliphatic heterocycles. The van der Waals surface area contributed by atoms with Gasteiger partial charge in [0.2, 0.25) is 10.0 Å². The van der Waals surface area contributed by atoms with E-state index in [1.165, 1.54) is 0 Å². The van der Waals surface area contributed by atoms with Crippen LogP contribution in [-0.2, 0) is 10.0 Å². The van der Waals surface area contributed by atoms with E-state index in [9.17, 15) is 13.5 Å². The van der Waals surface area contributed by atoms with Crippen LogP contribution in [0.3, 0.4) is 0 Å². The number of aromatic amines is 1. The molecule has 136 valence electrons. The molecule has 1 saturated carbocycles. The van der Waals surface area contributed by atoms with Crippen LogP contribution >= 0.6 is 0 Å². The SMILES string of the molecule is Cc1cc2c(-c3ccc(S(=O)(=O)NC4CCC[C@H]4O)cc3)ccnc2[nH]1. The fourth-order valence-corrected chi connectivity index (χ4v) is 4.87. The topological polar surface area (TPSA) is 95.1 Å². The monoisotopic (exact) mass is 371 g/mol. The van der Waals surface area contributed by atoms with Crippen molar-refractivity contribution in [2.75, 3.05) is 0 Å². The number of H-pyrrole nitrogens is 1. The van der Waals surface area contributed by atoms with E-state index < -0.39 is 22.2 Å². The van der Waals surface area contributed by atoms with Crippen molar-refractivity contribution < 1.29 is 13.5 Å². The summed E-state index contributed by atoms with van der Waals surface area (Å²) in [6.07, 6.45) is 3.27. The lowest BCUT2D eigenvalue weighted by molar-refractivity contribution is 0.159. The van der Waals surface area contributed by atoms with Crippen LogP contribution in [0.2, 0.25) is 0 Å². The summed E-state index contributed by atoms with van der Waals surface area (Å²) in [5, 5.41) is 10.9. The molecule has 0 spiro atoms. The van der Waals surface area contributed by atoms with Crippen molar-refractivity contribution in [3.63, 3.8) is 0 Å². The van der Waals surface area contributed by atoms with Crippen molar-refractivity contribution in [3.8, 4) is 11.1 Å². The highest BCUT2D eigenvalue weighted by molar-refractivity contribution is 7.89. The number of nitrogens with one attached hydrogen (secondary N) is 2. The highest BCUT2D eigenvalue weighted by Crippen LogP contribution is 2.29. The van der Waals surface area contributed by atoms with Gasteiger partial charge in [-0.15, -0.1) is 0 Å². The van der Waals surface area contributed by atoms with Crippen LogP contribution < -0.4 is 4.72 Å². The third kappa shape index (κ3) is 3.13. The summed E-state index contributed by atoms with van der Waals surface area (Å²) < 4.78 is 27.7. The fraction of sp³-hybridized carbons (Fsp3) is 0.316. The van der Waals surface area contributed by atoms with Gasteiger partial charge in [0.15, 0.2) is 0 Å². The van der Waals surface area contributed by atoms with E-state index in [1.807, 2.05) is 19.1 Å². The quantitative estimate of drug-likeness (QED) is 0.657. The highest BCUT2D eigenvalue weighted by Gasteiger charge is 2.29. The average molecular weight is 371 g/mol. The zero-order valence-corrected chi connectivity index (χ0v) is 15.3. The average Bonchev–Trinajstić information content (AvgIpc) is 3.19. The molecule has 0 bridgehead atoms. The number of hydrogen-bond donors (Lipinski definition) is 3. The Morgan fingerprint density at radius 1 is 1.19 bits per heavy atom. The van der Waals surface area contributed by atoms with E-state index in [4.69, 9.17) is 0 Å². The zero-order valence-electron chi connectivity index (χ0n) is 14.4. The molecule has 1 aliphatic carbocycles. The number of aliphatic hydroxyl groups is 1. The number of aryl methyl sites for hydroxylation is 1. The van der Waals surface area contributed by atoms with Gasteiger partial charge in [0.1, 0.15) is 5.65 Å². The molecule has 1 aliphatic rings. The van der Waals surface area contributed by atoms with Crippen molar-refractivity contribution in [1.82, 2.24) is 14.7 Å². The van der Waals surface area contributed by atoms with Crippen LogP contribution in [-0.4, -0.2) is 35.6 Å². The van der Waals surface area contributed by atoms with Crippen LogP contribution in [0.25, 0.3) is 22.2 Å². The number of aliphatic hydroxyl groups excluding tert-OH is 1. The van der Waals surface area contributed by atoms with E-state index in [0.717, 1.165) is 34.3 Å². The molecule has 6 nitrogen and oxygen atoms in total. The normalized spacial score (nSPS) is 20.7. The van der Waals surface area contributed by atoms with Crippen molar-refractivity contribution in [2.24, 2.45) is 0 Å². The summed E-state index contributed by atoms with van der Waals surface area (Å²) in [5.41, 5.74) is 3.77. The third-order valence-electron chi connectivity index (χ3n) is 4.93. The zero-order chi connectivity index (χ0) is 18.3. The number of sulfonamides is 1. The van der Waals surface area contributed by atoms with Gasteiger partial charge >= 0.3 is 0 Å². The molecular formula is C19H21N3O3S. The molecule has 26 heavy (non-hydrogen) atoms. The maximum atomic E-state index is 12.6. The summed E-state index contributed by atoms with van der Waals surface area (Å²) in [5.74, 6) is 0. The summed E-state index contributed by atoms with van der Waals surface area (Å²) >= 11 is 0. The van der Waals surface area contributed by atoms with Gasteiger partial charge in [0.05, 0.1) is 11.0 Å². The van der Waals surface area contributed by atoms with Crippen LogP contribution in [0.15, 0.2) is 47.5 Å². The highest BCUT2D eigenvalue weighted by atomic mass is 32.2. The maximum absolute atomic E-state index is 12.6. The van der Waals surface area contributed by atoms with Gasteiger partial charge in [0.25, 0.3) is 0 Å². The lowest BCUT2D eigenvalue weighted by Crippen LogP contribution is -2.39. The Balaban J connectivity index is 1.64. The summed E-state index contributed by atoms with van der Waals surface area (Å²) in [6.45, 7) is 1.98. The molecule has 4 rings (SSSR count). The molecule has 7 heteroatoms. The van der Waals surface area contributed by atoms with E-state index in [-0.39, 0.29) is 4.90 Å². The number of aromatic nitrogens is 2. The van der Waals surface area contributed by atoms with Crippen LogP contribution in [0.5, 0.6) is 0 Å². The number of rotatable bonds is 4. The fourth-order valence-electron chi connectivity index (χ4n) is 3.57. The second-order valence-corrected chi connectivity index (χ2v) is 8.54. The molecule has 0 amide bonds. The Labute approximate surface area is 152 Å². The lowest BCUT2D eigenvalue weighted by Gasteiger charge is -2.16. The largest absolute Gasteiger partial charge is 0.391 e. The van der Waals surface area contributed by atoms with Crippen molar-refractivity contribution in [1.29, 1.82) is 0 Å². The lowest BCUT2D eigenvalue weighted by atomic mass is 10.0. The van der Waals surface area contributed by atoms with Gasteiger partial charge in [0, 0.05) is 23.3 Å². The number of hydrogen-bond acceptors (Lipinski definition) is 4. The van der Waals surface area contributed by atoms with Crippen molar-refractivity contribution in [3.05, 3.63) is 48.3 Å². The summed E-state index contributed by atoms with van der Waals surface area (Å²) in [6, 6.07) is 10.4. The second kappa shape index (κ2) is 6.50. The van der Waals surface area contributed by atoms with Gasteiger partial charge < -0.3 is 10.1 Å². The molecule has 2 heterocycles. The van der Waals surface area contributed by atoms with Gasteiger partial charge in [-0.1, -0.05) is 12.1 Å². The molecule has 0 saturated heterocycles. The van der Waals surface area contributed by atoms with E-state index in [0.29, 0.717) is 12.8 Å². The Morgan fingerprint density at radius 3 is 2.65 bits per heavy atom. The second-order valence-electron chi connectivity index (χ2n) is 6.82. The smallest absolute Gasteiger partial charge is 0.240 e. The van der Waals surface area contributed by atoms with Gasteiger partial charge in [-0.2, -0.15) is 0 Å². The number of benzene rings is 1. The molecular weight excluding hydrogens is 350 g/mol. The molecule has 2 atom stereocenters. The minimum atomic E-state index is -3.64. The molecule has 1 fully saturated rings. The number of nitrogens with zero attached hydrogens (tertiary/aromatic N) is 1. The number of pyridine rings is 1. The van der Waals surface area contributed by atoms with E-state index in [2.05, 4.69) is 14.7 Å². The van der Waals surface area contributed by atoms with Gasteiger partial charge in [-0.25, -0.2) is 18.1 Å². The first kappa shape index (κ1) is 17.2. The Kier molecular flexibility index (Phi) is 4.30. The first-order valence-electron chi connectivity index (χ1n) is 8.69. The third-order valence-corrected chi connectivity index (χ3v) is 6.43. The van der Waals surface area contributed by atoms with Gasteiger partial charge in [-0.3, -0.25) is 0 Å². The molecule has 1 unspecified atom stereocenters. The molecule has 0 radical (unpaired) electrons. The van der Waals surface area contributed by atoms with Gasteiger partial charge in [-0.05, 0) is 61.6 Å². The molecule has 3 aromatic rings. The first-order valence-corrected chi connectivity index (χ1v) is 10.2. The van der Waals surface area contributed by atoms with Crippen LogP contribution in [0.4, 0.5) is 0 Å². The van der Waals surface area contributed by atoms with E-state index >= 15 is 0 Å². The Hall–Kier alpha value is -2.22. The van der Waals surface area contributed by atoms with Crippen LogP contribution in [0, 0.1) is 6.92 Å². The molecule has 1 aromatic carbocycles. The Bertz CT molecular complexity index is 1040. The molecule has 3 N–H and O–H groups in total. The van der Waals surface area contributed by atoms with Crippen LogP contribution in [0.1, 0.15) is 25.0 Å². The maximum Gasteiger partial charge on any atom is 0.240 e. The Morgan fingerprint density at radius 2 is 1.96 bits per heavy atom. The van der Waals surface area contributed by atoms with Crippen molar-refractivity contribution >= 4 is 21.1 Å². The number of fused-ring (bicyclic) bond motifs is 1. The van der Waals surface area contributed by atoms with Crippen molar-refractivity contribution in [2.45, 2.75) is 43.2 Å². The standard InChI is InChI=1S/C19H21N3O3S/c1-12-11-16-15(9-10-20-19(16)21-12)13-5-7-14(8-6-13)26(24,25)22-17-3-2-4-18(17)23/h5-11,17-18,22-23H,2-4H2,1H3,(H,20,21)/t17?,18-/m1/s1. The summed E-state index contributed by atoms with van der Waals surface area (Å²) in [7, 11) is -3.64. The predicted octanol–water partition coefficient (Wildman–Crippen LogP) is 2.73. The predicted molar refractivity (Wildman–Crippen MR) is 100 cm³/mol. The summed E-state index contributed by atoms with van der Waals surface area (Å²) in [4.78, 5) is 7.74. The molecule has 2 aromatic heterocycles.